The lowest BCUT2D eigenvalue weighted by Gasteiger charge is -2.29. The van der Waals surface area contributed by atoms with E-state index in [9.17, 15) is 19.5 Å². The van der Waals surface area contributed by atoms with Crippen LogP contribution >= 0.6 is 0 Å². The molecule has 9 heteroatoms. The lowest BCUT2D eigenvalue weighted by Crippen LogP contribution is -2.35. The van der Waals surface area contributed by atoms with Crippen molar-refractivity contribution in [2.75, 3.05) is 31.5 Å². The van der Waals surface area contributed by atoms with Gasteiger partial charge in [-0.05, 0) is 92.1 Å². The van der Waals surface area contributed by atoms with Crippen LogP contribution in [0.2, 0.25) is 0 Å². The fraction of sp³-hybridized carbons (Fsp3) is 0.400. The van der Waals surface area contributed by atoms with Crippen LogP contribution in [-0.2, 0) is 17.9 Å². The van der Waals surface area contributed by atoms with E-state index in [0.29, 0.717) is 24.2 Å². The number of nitrogens with zero attached hydrogens (tertiary/aromatic N) is 2. The van der Waals surface area contributed by atoms with Crippen LogP contribution in [0.5, 0.6) is 0 Å². The first kappa shape index (κ1) is 31.2. The molecule has 2 aliphatic rings. The number of benzene rings is 2. The van der Waals surface area contributed by atoms with Gasteiger partial charge in [0.05, 0.1) is 6.10 Å². The van der Waals surface area contributed by atoms with Gasteiger partial charge in [-0.15, -0.1) is 0 Å². The lowest BCUT2D eigenvalue weighted by atomic mass is 9.96. The van der Waals surface area contributed by atoms with Gasteiger partial charge in [-0.1, -0.05) is 30.8 Å². The molecule has 2 saturated heterocycles. The Kier molecular flexibility index (Phi) is 9.66. The van der Waals surface area contributed by atoms with Crippen molar-refractivity contribution in [3.05, 3.63) is 99.0 Å². The smallest absolute Gasteiger partial charge is 0.253 e. The maximum atomic E-state index is 13.6. The molecule has 3 aromatic rings. The second-order valence-electron chi connectivity index (χ2n) is 12.1. The summed E-state index contributed by atoms with van der Waals surface area (Å²) < 4.78 is 0. The van der Waals surface area contributed by atoms with E-state index in [2.05, 4.69) is 57.4 Å². The van der Waals surface area contributed by atoms with Crippen molar-refractivity contribution in [1.29, 1.82) is 0 Å². The minimum absolute atomic E-state index is 0.0444. The zero-order valence-electron chi connectivity index (χ0n) is 25.9. The zero-order chi connectivity index (χ0) is 31.4. The minimum Gasteiger partial charge on any atom is -0.393 e. The van der Waals surface area contributed by atoms with Crippen LogP contribution in [0, 0.1) is 20.8 Å². The number of aromatic amines is 1. The third-order valence-electron chi connectivity index (χ3n) is 8.86. The molecule has 232 valence electrons. The van der Waals surface area contributed by atoms with E-state index < -0.39 is 0 Å². The van der Waals surface area contributed by atoms with Gasteiger partial charge in [0.1, 0.15) is 0 Å². The number of aliphatic hydroxyl groups is 1. The number of hydrogen-bond acceptors (Lipinski definition) is 6. The summed E-state index contributed by atoms with van der Waals surface area (Å²) in [6.45, 7) is 13.2. The molecule has 0 saturated carbocycles. The van der Waals surface area contributed by atoms with Crippen LogP contribution < -0.4 is 16.2 Å². The SMILES string of the molecule is C=CC(=O)N1CCC(Nc2cc(-c3ccc(CN4CCC(O)CC4)cc3)cc(C(=O)NCc3c(C)cc(C)[nH]c3=O)c2C)C1. The monoisotopic (exact) mass is 597 g/mol. The highest BCUT2D eigenvalue weighted by Crippen LogP contribution is 2.31. The number of rotatable bonds is 9. The number of pyridine rings is 1. The topological polar surface area (TPSA) is 118 Å². The van der Waals surface area contributed by atoms with Crippen molar-refractivity contribution < 1.29 is 14.7 Å². The second kappa shape index (κ2) is 13.6. The first-order valence-electron chi connectivity index (χ1n) is 15.4. The number of aromatic nitrogens is 1. The third kappa shape index (κ3) is 7.29. The molecule has 2 fully saturated rings. The standard InChI is InChI=1S/C35H43N5O4/c1-5-33(42)40-15-10-28(21-40)38-32-18-27(26-8-6-25(7-9-26)20-39-13-11-29(41)12-14-39)17-30(24(32)4)34(43)36-19-31-22(2)16-23(3)37-35(31)44/h5-9,16-18,28-29,38,41H,1,10-15,19-21H2,2-4H3,(H,36,43)(H,37,44). The van der Waals surface area contributed by atoms with Crippen molar-refractivity contribution in [1.82, 2.24) is 20.1 Å². The van der Waals surface area contributed by atoms with Gasteiger partial charge in [0.2, 0.25) is 5.91 Å². The van der Waals surface area contributed by atoms with Crippen LogP contribution in [0.25, 0.3) is 11.1 Å². The Hall–Kier alpha value is -4.21. The van der Waals surface area contributed by atoms with Crippen molar-refractivity contribution in [3.8, 4) is 11.1 Å². The van der Waals surface area contributed by atoms with E-state index in [1.165, 1.54) is 11.6 Å². The predicted molar refractivity (Wildman–Crippen MR) is 174 cm³/mol. The fourth-order valence-corrected chi connectivity index (χ4v) is 6.20. The van der Waals surface area contributed by atoms with Gasteiger partial charge in [-0.25, -0.2) is 0 Å². The van der Waals surface area contributed by atoms with E-state index in [-0.39, 0.29) is 36.1 Å². The fourth-order valence-electron chi connectivity index (χ4n) is 6.20. The summed E-state index contributed by atoms with van der Waals surface area (Å²) in [5, 5.41) is 16.4. The number of aryl methyl sites for hydroxylation is 2. The highest BCUT2D eigenvalue weighted by molar-refractivity contribution is 5.99. The van der Waals surface area contributed by atoms with E-state index in [1.54, 1.807) is 4.90 Å². The molecule has 44 heavy (non-hydrogen) atoms. The largest absolute Gasteiger partial charge is 0.393 e. The van der Waals surface area contributed by atoms with Crippen LogP contribution in [0.4, 0.5) is 5.69 Å². The molecule has 4 N–H and O–H groups in total. The average molecular weight is 598 g/mol. The van der Waals surface area contributed by atoms with E-state index >= 15 is 0 Å². The zero-order valence-corrected chi connectivity index (χ0v) is 25.9. The Morgan fingerprint density at radius 1 is 1.02 bits per heavy atom. The van der Waals surface area contributed by atoms with Crippen molar-refractivity contribution in [2.45, 2.75) is 65.3 Å². The lowest BCUT2D eigenvalue weighted by molar-refractivity contribution is -0.125. The molecule has 1 atom stereocenters. The number of nitrogens with one attached hydrogen (secondary N) is 3. The quantitative estimate of drug-likeness (QED) is 0.277. The van der Waals surface area contributed by atoms with E-state index in [4.69, 9.17) is 0 Å². The highest BCUT2D eigenvalue weighted by Gasteiger charge is 2.26. The van der Waals surface area contributed by atoms with Gasteiger partial charge in [-0.3, -0.25) is 19.3 Å². The van der Waals surface area contributed by atoms with Crippen LogP contribution in [0.15, 0.2) is 59.9 Å². The number of anilines is 1. The third-order valence-corrected chi connectivity index (χ3v) is 8.86. The van der Waals surface area contributed by atoms with Gasteiger partial charge in [-0.2, -0.15) is 0 Å². The molecule has 1 unspecified atom stereocenters. The number of likely N-dealkylation sites (tertiary alicyclic amines) is 2. The van der Waals surface area contributed by atoms with Crippen LogP contribution in [0.1, 0.15) is 57.6 Å². The molecule has 9 nitrogen and oxygen atoms in total. The van der Waals surface area contributed by atoms with Gasteiger partial charge < -0.3 is 25.6 Å². The van der Waals surface area contributed by atoms with E-state index in [0.717, 1.165) is 72.5 Å². The Balaban J connectivity index is 1.40. The molecule has 0 aliphatic carbocycles. The summed E-state index contributed by atoms with van der Waals surface area (Å²) in [5.41, 5.74) is 7.21. The molecule has 3 heterocycles. The average Bonchev–Trinajstić information content (AvgIpc) is 3.47. The number of hydrogen-bond donors (Lipinski definition) is 4. The predicted octanol–water partition coefficient (Wildman–Crippen LogP) is 4.05. The van der Waals surface area contributed by atoms with Crippen molar-refractivity contribution >= 4 is 17.5 Å². The maximum Gasteiger partial charge on any atom is 0.253 e. The molecular formula is C35H43N5O4. The first-order chi connectivity index (χ1) is 21.1. The molecule has 0 bridgehead atoms. The Bertz CT molecular complexity index is 1590. The molecule has 2 aromatic carbocycles. The molecule has 1 aromatic heterocycles. The molecule has 0 radical (unpaired) electrons. The maximum absolute atomic E-state index is 13.6. The van der Waals surface area contributed by atoms with E-state index in [1.807, 2.05) is 32.9 Å². The Morgan fingerprint density at radius 2 is 1.75 bits per heavy atom. The van der Waals surface area contributed by atoms with Crippen molar-refractivity contribution in [3.63, 3.8) is 0 Å². The summed E-state index contributed by atoms with van der Waals surface area (Å²) in [5.74, 6) is -0.340. The number of aliphatic hydroxyl groups excluding tert-OH is 1. The molecular weight excluding hydrogens is 554 g/mol. The summed E-state index contributed by atoms with van der Waals surface area (Å²) in [7, 11) is 0. The second-order valence-corrected chi connectivity index (χ2v) is 12.1. The van der Waals surface area contributed by atoms with Crippen LogP contribution in [-0.4, -0.2) is 70.0 Å². The summed E-state index contributed by atoms with van der Waals surface area (Å²) in [6, 6.07) is 14.3. The number of H-pyrrole nitrogens is 1. The Labute approximate surface area is 259 Å². The van der Waals surface area contributed by atoms with Crippen molar-refractivity contribution in [2.24, 2.45) is 0 Å². The number of piperidine rings is 1. The highest BCUT2D eigenvalue weighted by atomic mass is 16.3. The van der Waals surface area contributed by atoms with Crippen LogP contribution in [0.3, 0.4) is 0 Å². The normalized spacial score (nSPS) is 17.5. The molecule has 5 rings (SSSR count). The molecule has 2 aliphatic heterocycles. The minimum atomic E-state index is -0.259. The van der Waals surface area contributed by atoms with Gasteiger partial charge in [0.25, 0.3) is 11.5 Å². The summed E-state index contributed by atoms with van der Waals surface area (Å²) in [4.78, 5) is 45.3. The summed E-state index contributed by atoms with van der Waals surface area (Å²) in [6.07, 6.45) is 3.56. The van der Waals surface area contributed by atoms with Gasteiger partial charge in [0, 0.05) is 67.8 Å². The van der Waals surface area contributed by atoms with Gasteiger partial charge in [0.15, 0.2) is 0 Å². The number of carbonyl (C=O) groups is 2. The first-order valence-corrected chi connectivity index (χ1v) is 15.4. The summed E-state index contributed by atoms with van der Waals surface area (Å²) >= 11 is 0. The number of amides is 2. The molecule has 0 spiro atoms. The number of carbonyl (C=O) groups excluding carboxylic acids is 2. The molecule has 2 amide bonds. The van der Waals surface area contributed by atoms with Gasteiger partial charge >= 0.3 is 0 Å². The Morgan fingerprint density at radius 3 is 2.43 bits per heavy atom.